The largest absolute Gasteiger partial charge is 0.480 e. The molecule has 1 aromatic carbocycles. The smallest absolute Gasteiger partial charge is 0.322 e. The summed E-state index contributed by atoms with van der Waals surface area (Å²) < 4.78 is 27.0. The summed E-state index contributed by atoms with van der Waals surface area (Å²) in [5.74, 6) is -1.54. The summed E-state index contributed by atoms with van der Waals surface area (Å²) in [6, 6.07) is 3.19. The highest BCUT2D eigenvalue weighted by molar-refractivity contribution is 9.10. The second-order valence-corrected chi connectivity index (χ2v) is 7.26. The van der Waals surface area contributed by atoms with Crippen LogP contribution in [0, 0.1) is 5.92 Å². The molecule has 0 saturated heterocycles. The van der Waals surface area contributed by atoms with Crippen LogP contribution in [0.1, 0.15) is 20.3 Å². The van der Waals surface area contributed by atoms with Gasteiger partial charge < -0.3 is 5.11 Å². The van der Waals surface area contributed by atoms with Gasteiger partial charge >= 0.3 is 5.97 Å². The monoisotopic (exact) mass is 383 g/mol. The molecule has 0 aliphatic rings. The average molecular weight is 385 g/mol. The highest BCUT2D eigenvalue weighted by Crippen LogP contribution is 2.29. The zero-order valence-electron chi connectivity index (χ0n) is 10.9. The van der Waals surface area contributed by atoms with E-state index in [9.17, 15) is 13.2 Å². The number of aliphatic carboxylic acids is 1. The zero-order chi connectivity index (χ0) is 15.5. The number of carbonyl (C=O) groups is 1. The molecule has 8 heteroatoms. The van der Waals surface area contributed by atoms with Crippen LogP contribution in [0.15, 0.2) is 27.6 Å². The number of carboxylic acids is 1. The maximum atomic E-state index is 12.3. The minimum Gasteiger partial charge on any atom is -0.480 e. The van der Waals surface area contributed by atoms with Crippen molar-refractivity contribution in [2.75, 3.05) is 0 Å². The van der Waals surface area contributed by atoms with E-state index in [1.165, 1.54) is 18.2 Å². The molecule has 0 saturated carbocycles. The first-order valence-corrected chi connectivity index (χ1v) is 8.55. The predicted molar refractivity (Wildman–Crippen MR) is 80.4 cm³/mol. The predicted octanol–water partition coefficient (Wildman–Crippen LogP) is 2.88. The van der Waals surface area contributed by atoms with Crippen molar-refractivity contribution in [3.05, 3.63) is 27.7 Å². The number of rotatable bonds is 6. The van der Waals surface area contributed by atoms with Gasteiger partial charge in [0.25, 0.3) is 0 Å². The number of halogens is 2. The molecule has 0 aliphatic carbocycles. The Morgan fingerprint density at radius 2 is 2.10 bits per heavy atom. The number of hydrogen-bond donors (Lipinski definition) is 2. The molecule has 0 heterocycles. The fourth-order valence-corrected chi connectivity index (χ4v) is 4.10. The molecule has 20 heavy (non-hydrogen) atoms. The number of carboxylic acid groups (broad SMARTS) is 1. The van der Waals surface area contributed by atoms with E-state index in [1.807, 2.05) is 0 Å². The lowest BCUT2D eigenvalue weighted by molar-refractivity contribution is -0.140. The molecule has 0 bridgehead atoms. The Morgan fingerprint density at radius 1 is 1.50 bits per heavy atom. The van der Waals surface area contributed by atoms with E-state index in [2.05, 4.69) is 20.7 Å². The van der Waals surface area contributed by atoms with E-state index >= 15 is 0 Å². The zero-order valence-corrected chi connectivity index (χ0v) is 14.1. The quantitative estimate of drug-likeness (QED) is 0.790. The molecule has 0 spiro atoms. The van der Waals surface area contributed by atoms with E-state index in [-0.39, 0.29) is 20.3 Å². The van der Waals surface area contributed by atoms with Crippen LogP contribution in [-0.4, -0.2) is 25.5 Å². The lowest BCUT2D eigenvalue weighted by Gasteiger charge is -2.20. The average Bonchev–Trinajstić information content (AvgIpc) is 2.37. The van der Waals surface area contributed by atoms with Gasteiger partial charge in [-0.1, -0.05) is 37.9 Å². The highest BCUT2D eigenvalue weighted by atomic mass is 79.9. The van der Waals surface area contributed by atoms with Crippen LogP contribution in [-0.2, 0) is 14.8 Å². The van der Waals surface area contributed by atoms with Crippen molar-refractivity contribution in [3.8, 4) is 0 Å². The number of benzene rings is 1. The van der Waals surface area contributed by atoms with E-state index in [4.69, 9.17) is 16.7 Å². The summed E-state index contributed by atoms with van der Waals surface area (Å²) in [6.07, 6.45) is 0.538. The van der Waals surface area contributed by atoms with Crippen molar-refractivity contribution in [1.29, 1.82) is 0 Å². The third kappa shape index (κ3) is 3.94. The lowest BCUT2D eigenvalue weighted by Crippen LogP contribution is -2.44. The van der Waals surface area contributed by atoms with Crippen LogP contribution < -0.4 is 4.72 Å². The molecule has 112 valence electrons. The van der Waals surface area contributed by atoms with E-state index in [0.717, 1.165) is 0 Å². The Balaban J connectivity index is 3.17. The van der Waals surface area contributed by atoms with Crippen molar-refractivity contribution in [1.82, 2.24) is 4.72 Å². The van der Waals surface area contributed by atoms with Gasteiger partial charge in [-0.05, 0) is 34.0 Å². The second-order valence-electron chi connectivity index (χ2n) is 4.37. The number of nitrogens with one attached hydrogen (secondary N) is 1. The van der Waals surface area contributed by atoms with Gasteiger partial charge in [0.15, 0.2) is 0 Å². The lowest BCUT2D eigenvalue weighted by atomic mass is 10.0. The summed E-state index contributed by atoms with van der Waals surface area (Å²) in [7, 11) is -3.97. The molecule has 1 rings (SSSR count). The fraction of sp³-hybridized carbons (Fsp3) is 0.417. The summed E-state index contributed by atoms with van der Waals surface area (Å²) in [5.41, 5.74) is 0. The maximum absolute atomic E-state index is 12.3. The normalized spacial score (nSPS) is 14.8. The fourth-order valence-electron chi connectivity index (χ4n) is 1.57. The van der Waals surface area contributed by atoms with Gasteiger partial charge in [-0.3, -0.25) is 4.79 Å². The SMILES string of the molecule is CC[C@H](C)[C@H](NS(=O)(=O)c1cccc(Cl)c1Br)C(=O)O. The molecule has 0 unspecified atom stereocenters. The molecule has 0 aliphatic heterocycles. The summed E-state index contributed by atoms with van der Waals surface area (Å²) in [4.78, 5) is 11.1. The first kappa shape index (κ1) is 17.4. The van der Waals surface area contributed by atoms with Crippen molar-refractivity contribution in [2.45, 2.75) is 31.2 Å². The number of hydrogen-bond acceptors (Lipinski definition) is 3. The Hall–Kier alpha value is -0.630. The topological polar surface area (TPSA) is 83.5 Å². The Labute approximate surface area is 131 Å². The van der Waals surface area contributed by atoms with E-state index < -0.39 is 22.0 Å². The van der Waals surface area contributed by atoms with Gasteiger partial charge in [0.2, 0.25) is 10.0 Å². The van der Waals surface area contributed by atoms with Crippen LogP contribution in [0.3, 0.4) is 0 Å². The van der Waals surface area contributed by atoms with Gasteiger partial charge in [-0.25, -0.2) is 8.42 Å². The van der Waals surface area contributed by atoms with Gasteiger partial charge in [-0.15, -0.1) is 0 Å². The first-order chi connectivity index (χ1) is 9.20. The molecule has 0 aromatic heterocycles. The standard InChI is InChI=1S/C12H15BrClNO4S/c1-3-7(2)11(12(16)17)15-20(18,19)9-6-4-5-8(14)10(9)13/h4-7,11,15H,3H2,1-2H3,(H,16,17)/t7-,11-/m0/s1. The van der Waals surface area contributed by atoms with Crippen molar-refractivity contribution in [2.24, 2.45) is 5.92 Å². The molecule has 0 fully saturated rings. The molecule has 2 N–H and O–H groups in total. The molecular formula is C12H15BrClNO4S. The minimum atomic E-state index is -3.97. The van der Waals surface area contributed by atoms with Crippen LogP contribution >= 0.6 is 27.5 Å². The summed E-state index contributed by atoms with van der Waals surface area (Å²) >= 11 is 8.95. The van der Waals surface area contributed by atoms with Crippen LogP contribution in [0.5, 0.6) is 0 Å². The van der Waals surface area contributed by atoms with Crippen LogP contribution in [0.4, 0.5) is 0 Å². The Bertz CT molecular complexity index is 605. The first-order valence-electron chi connectivity index (χ1n) is 5.89. The molecule has 0 radical (unpaired) electrons. The van der Waals surface area contributed by atoms with Crippen LogP contribution in [0.25, 0.3) is 0 Å². The highest BCUT2D eigenvalue weighted by Gasteiger charge is 2.30. The molecule has 1 aromatic rings. The van der Waals surface area contributed by atoms with E-state index in [1.54, 1.807) is 13.8 Å². The van der Waals surface area contributed by atoms with Crippen molar-refractivity contribution in [3.63, 3.8) is 0 Å². The molecule has 5 nitrogen and oxygen atoms in total. The van der Waals surface area contributed by atoms with Crippen LogP contribution in [0.2, 0.25) is 5.02 Å². The van der Waals surface area contributed by atoms with Crippen molar-refractivity contribution >= 4 is 43.5 Å². The Kier molecular flexibility index (Phi) is 6.00. The molecular weight excluding hydrogens is 370 g/mol. The second kappa shape index (κ2) is 6.89. The van der Waals surface area contributed by atoms with Gasteiger partial charge in [-0.2, -0.15) is 4.72 Å². The minimum absolute atomic E-state index is 0.0837. The van der Waals surface area contributed by atoms with Crippen molar-refractivity contribution < 1.29 is 18.3 Å². The molecule has 2 atom stereocenters. The van der Waals surface area contributed by atoms with Gasteiger partial charge in [0.05, 0.1) is 14.4 Å². The summed E-state index contributed by atoms with van der Waals surface area (Å²) in [6.45, 7) is 3.47. The Morgan fingerprint density at radius 3 is 2.60 bits per heavy atom. The number of sulfonamides is 1. The maximum Gasteiger partial charge on any atom is 0.322 e. The van der Waals surface area contributed by atoms with E-state index in [0.29, 0.717) is 6.42 Å². The molecule has 0 amide bonds. The third-order valence-electron chi connectivity index (χ3n) is 2.97. The third-order valence-corrected chi connectivity index (χ3v) is 6.11. The summed E-state index contributed by atoms with van der Waals surface area (Å²) in [5, 5.41) is 9.38. The van der Waals surface area contributed by atoms with Gasteiger partial charge in [0, 0.05) is 0 Å². The van der Waals surface area contributed by atoms with Gasteiger partial charge in [0.1, 0.15) is 6.04 Å².